The van der Waals surface area contributed by atoms with Gasteiger partial charge in [-0.15, -0.1) is 0 Å². The standard InChI is InChI=1S/C7H14O14S3/c1-17-7-6(21-24(14,15)16)5(20-23(11,12)13)2-4(19-7)3-18-22(8,9)10/h4-7H,2-3H2,1H3,(H,8,9,10)(H,11,12,13)(H,14,15,16)/t4?,5-,6?,7+/m0/s1. The Morgan fingerprint density at radius 1 is 0.958 bits per heavy atom. The highest BCUT2D eigenvalue weighted by atomic mass is 32.3. The van der Waals surface area contributed by atoms with E-state index in [0.717, 1.165) is 7.11 Å². The maximum Gasteiger partial charge on any atom is 0.397 e. The first-order chi connectivity index (χ1) is 10.7. The zero-order chi connectivity index (χ0) is 18.8. The molecule has 0 amide bonds. The van der Waals surface area contributed by atoms with Crippen molar-refractivity contribution in [2.24, 2.45) is 0 Å². The molecule has 17 heteroatoms. The molecule has 0 aliphatic carbocycles. The van der Waals surface area contributed by atoms with Gasteiger partial charge in [-0.3, -0.25) is 13.7 Å². The summed E-state index contributed by atoms with van der Waals surface area (Å²) in [4.78, 5) is 0. The van der Waals surface area contributed by atoms with E-state index < -0.39 is 68.8 Å². The van der Waals surface area contributed by atoms with E-state index in [2.05, 4.69) is 12.5 Å². The number of hydrogen-bond donors (Lipinski definition) is 3. The van der Waals surface area contributed by atoms with Crippen LogP contribution in [-0.2, 0) is 53.2 Å². The second-order valence-electron chi connectivity index (χ2n) is 4.36. The van der Waals surface area contributed by atoms with Gasteiger partial charge in [0.05, 0.1) is 12.7 Å². The summed E-state index contributed by atoms with van der Waals surface area (Å²) in [5, 5.41) is 0. The second-order valence-corrected chi connectivity index (χ2v) is 7.55. The van der Waals surface area contributed by atoms with E-state index >= 15 is 0 Å². The Morgan fingerprint density at radius 2 is 1.50 bits per heavy atom. The lowest BCUT2D eigenvalue weighted by Crippen LogP contribution is -2.53. The third kappa shape index (κ3) is 8.07. The topological polar surface area (TPSA) is 209 Å². The minimum Gasteiger partial charge on any atom is -0.353 e. The Bertz CT molecular complexity index is 722. The van der Waals surface area contributed by atoms with Crippen molar-refractivity contribution < 1.29 is 60.9 Å². The molecule has 1 saturated heterocycles. The molecule has 0 aromatic carbocycles. The van der Waals surface area contributed by atoms with Crippen LogP contribution >= 0.6 is 0 Å². The summed E-state index contributed by atoms with van der Waals surface area (Å²) in [6.45, 7) is -0.817. The number of ether oxygens (including phenoxy) is 2. The Morgan fingerprint density at radius 3 is 1.92 bits per heavy atom. The van der Waals surface area contributed by atoms with E-state index in [1.54, 1.807) is 0 Å². The molecule has 4 atom stereocenters. The van der Waals surface area contributed by atoms with E-state index in [-0.39, 0.29) is 0 Å². The molecule has 0 spiro atoms. The van der Waals surface area contributed by atoms with Crippen LogP contribution in [0.5, 0.6) is 0 Å². The molecule has 2 unspecified atom stereocenters. The summed E-state index contributed by atoms with van der Waals surface area (Å²) in [5.74, 6) is 0. The maximum absolute atomic E-state index is 10.8. The first-order valence-corrected chi connectivity index (χ1v) is 9.91. The van der Waals surface area contributed by atoms with Gasteiger partial charge in [-0.2, -0.15) is 25.3 Å². The monoisotopic (exact) mass is 418 g/mol. The summed E-state index contributed by atoms with van der Waals surface area (Å²) in [6.07, 6.45) is -7.15. The molecule has 1 aliphatic heterocycles. The average molecular weight is 418 g/mol. The van der Waals surface area contributed by atoms with Gasteiger partial charge in [0, 0.05) is 13.5 Å². The van der Waals surface area contributed by atoms with Crippen LogP contribution in [0.2, 0.25) is 0 Å². The maximum atomic E-state index is 10.8. The van der Waals surface area contributed by atoms with Gasteiger partial charge in [-0.25, -0.2) is 12.5 Å². The lowest BCUT2D eigenvalue weighted by Gasteiger charge is -2.38. The van der Waals surface area contributed by atoms with Crippen LogP contribution in [0.15, 0.2) is 0 Å². The van der Waals surface area contributed by atoms with E-state index in [4.69, 9.17) is 23.1 Å². The largest absolute Gasteiger partial charge is 0.397 e. The van der Waals surface area contributed by atoms with Crippen molar-refractivity contribution >= 4 is 31.2 Å². The average Bonchev–Trinajstić information content (AvgIpc) is 2.34. The Balaban J connectivity index is 3.02. The van der Waals surface area contributed by atoms with Gasteiger partial charge in [0.1, 0.15) is 6.10 Å². The van der Waals surface area contributed by atoms with Crippen LogP contribution in [-0.4, -0.2) is 77.2 Å². The van der Waals surface area contributed by atoms with Gasteiger partial charge in [0.15, 0.2) is 12.4 Å². The third-order valence-corrected chi connectivity index (χ3v) is 3.96. The van der Waals surface area contributed by atoms with Gasteiger partial charge >= 0.3 is 31.2 Å². The highest BCUT2D eigenvalue weighted by Gasteiger charge is 2.45. The highest BCUT2D eigenvalue weighted by Crippen LogP contribution is 2.28. The normalized spacial score (nSPS) is 29.5. The zero-order valence-corrected chi connectivity index (χ0v) is 14.2. The number of hydrogen-bond acceptors (Lipinski definition) is 11. The molecule has 1 aliphatic rings. The van der Waals surface area contributed by atoms with Crippen molar-refractivity contribution in [1.82, 2.24) is 0 Å². The summed E-state index contributed by atoms with van der Waals surface area (Å²) in [5.41, 5.74) is 0. The third-order valence-electron chi connectivity index (χ3n) is 2.57. The molecule has 1 heterocycles. The minimum absolute atomic E-state index is 0.574. The lowest BCUT2D eigenvalue weighted by atomic mass is 10.0. The van der Waals surface area contributed by atoms with E-state index in [0.29, 0.717) is 0 Å². The molecule has 1 rings (SSSR count). The van der Waals surface area contributed by atoms with Crippen molar-refractivity contribution in [3.63, 3.8) is 0 Å². The van der Waals surface area contributed by atoms with Crippen LogP contribution in [0, 0.1) is 0 Å². The molecule has 0 aromatic rings. The molecular weight excluding hydrogens is 404 g/mol. The predicted molar refractivity (Wildman–Crippen MR) is 70.6 cm³/mol. The molecule has 14 nitrogen and oxygen atoms in total. The van der Waals surface area contributed by atoms with Gasteiger partial charge in [0.25, 0.3) is 0 Å². The predicted octanol–water partition coefficient (Wildman–Crippen LogP) is -2.06. The smallest absolute Gasteiger partial charge is 0.353 e. The fourth-order valence-electron chi connectivity index (χ4n) is 1.85. The minimum atomic E-state index is -5.09. The van der Waals surface area contributed by atoms with Gasteiger partial charge in [0.2, 0.25) is 0 Å². The van der Waals surface area contributed by atoms with E-state index in [1.165, 1.54) is 0 Å². The van der Waals surface area contributed by atoms with Crippen LogP contribution in [0.3, 0.4) is 0 Å². The van der Waals surface area contributed by atoms with E-state index in [1.807, 2.05) is 0 Å². The van der Waals surface area contributed by atoms with Crippen molar-refractivity contribution in [3.05, 3.63) is 0 Å². The SMILES string of the molecule is CO[C@@H]1OC(COS(=O)(=O)O)C[C@H](OS(=O)(=O)O)C1OS(=O)(=O)O. The van der Waals surface area contributed by atoms with Crippen LogP contribution in [0.25, 0.3) is 0 Å². The molecule has 0 bridgehead atoms. The quantitative estimate of drug-likeness (QED) is 0.362. The Labute approximate surface area is 137 Å². The lowest BCUT2D eigenvalue weighted by molar-refractivity contribution is -0.251. The Hall–Kier alpha value is -0.470. The van der Waals surface area contributed by atoms with Crippen LogP contribution < -0.4 is 0 Å². The first kappa shape index (κ1) is 21.6. The molecule has 1 fully saturated rings. The summed E-state index contributed by atoms with van der Waals surface area (Å²) >= 11 is 0. The fraction of sp³-hybridized carbons (Fsp3) is 1.00. The van der Waals surface area contributed by atoms with Crippen molar-refractivity contribution in [2.45, 2.75) is 31.0 Å². The summed E-state index contributed by atoms with van der Waals surface area (Å²) < 4.78 is 113. The van der Waals surface area contributed by atoms with Crippen molar-refractivity contribution in [1.29, 1.82) is 0 Å². The van der Waals surface area contributed by atoms with Crippen molar-refractivity contribution in [3.8, 4) is 0 Å². The number of rotatable bonds is 8. The highest BCUT2D eigenvalue weighted by molar-refractivity contribution is 7.81. The van der Waals surface area contributed by atoms with Crippen LogP contribution in [0.4, 0.5) is 0 Å². The summed E-state index contributed by atoms with van der Waals surface area (Å²) in [6, 6.07) is 0. The fourth-order valence-corrected chi connectivity index (χ4v) is 3.17. The number of methoxy groups -OCH3 is 1. The summed E-state index contributed by atoms with van der Waals surface area (Å²) in [7, 11) is -14.0. The van der Waals surface area contributed by atoms with Crippen molar-refractivity contribution in [2.75, 3.05) is 13.7 Å². The molecule has 3 N–H and O–H groups in total. The van der Waals surface area contributed by atoms with E-state index in [9.17, 15) is 25.3 Å². The molecule has 0 aromatic heterocycles. The Kier molecular flexibility index (Phi) is 7.03. The van der Waals surface area contributed by atoms with Crippen LogP contribution in [0.1, 0.15) is 6.42 Å². The van der Waals surface area contributed by atoms with Gasteiger partial charge in [-0.1, -0.05) is 0 Å². The molecule has 0 saturated carbocycles. The molecule has 0 radical (unpaired) electrons. The molecule has 24 heavy (non-hydrogen) atoms. The second kappa shape index (κ2) is 7.83. The zero-order valence-electron chi connectivity index (χ0n) is 11.8. The first-order valence-electron chi connectivity index (χ1n) is 5.81. The molecular formula is C7H14O14S3. The molecule has 144 valence electrons. The van der Waals surface area contributed by atoms with Gasteiger partial charge < -0.3 is 9.47 Å². The van der Waals surface area contributed by atoms with Gasteiger partial charge in [-0.05, 0) is 0 Å².